The SMILES string of the molecule is CC1CCC(C(C)C)C(C2(C3CC(C)CCC3C(C)C)CCCC(C3CC(C)CCC3C(C)C)(C3CC(C)CCC3C(C)C)N2)C1. The van der Waals surface area contributed by atoms with Gasteiger partial charge < -0.3 is 5.32 Å². The van der Waals surface area contributed by atoms with Gasteiger partial charge in [-0.3, -0.25) is 0 Å². The van der Waals surface area contributed by atoms with Gasteiger partial charge in [0.05, 0.1) is 0 Å². The zero-order chi connectivity index (χ0) is 33.6. The minimum Gasteiger partial charge on any atom is -0.305 e. The molecule has 0 aromatic carbocycles. The summed E-state index contributed by atoms with van der Waals surface area (Å²) in [7, 11) is 0. The summed E-state index contributed by atoms with van der Waals surface area (Å²) < 4.78 is 0. The Morgan fingerprint density at radius 1 is 0.391 bits per heavy atom. The number of hydrogen-bond donors (Lipinski definition) is 1. The fourth-order valence-electron chi connectivity index (χ4n) is 14.1. The number of hydrogen-bond acceptors (Lipinski definition) is 1. The van der Waals surface area contributed by atoms with Gasteiger partial charge in [-0.1, -0.05) is 109 Å². The summed E-state index contributed by atoms with van der Waals surface area (Å²) in [5.74, 6) is 13.5. The third-order valence-electron chi connectivity index (χ3n) is 16.4. The second-order valence-electron chi connectivity index (χ2n) is 20.8. The van der Waals surface area contributed by atoms with E-state index in [1.54, 1.807) is 0 Å². The Morgan fingerprint density at radius 2 is 0.630 bits per heavy atom. The number of nitrogens with one attached hydrogen (secondary N) is 1. The highest BCUT2D eigenvalue weighted by Crippen LogP contribution is 2.61. The predicted octanol–water partition coefficient (Wildman–Crippen LogP) is 13.1. The van der Waals surface area contributed by atoms with Crippen LogP contribution in [0.4, 0.5) is 0 Å². The molecule has 1 saturated heterocycles. The van der Waals surface area contributed by atoms with Crippen molar-refractivity contribution in [2.24, 2.45) is 94.7 Å². The lowest BCUT2D eigenvalue weighted by molar-refractivity contribution is -0.129. The van der Waals surface area contributed by atoms with Gasteiger partial charge in [0.25, 0.3) is 0 Å². The van der Waals surface area contributed by atoms with Crippen molar-refractivity contribution >= 4 is 0 Å². The highest BCUT2D eigenvalue weighted by Gasteiger charge is 2.62. The smallest absolute Gasteiger partial charge is 0.0248 e. The normalized spacial score (nSPS) is 48.0. The fraction of sp³-hybridized carbons (Fsp3) is 1.00. The van der Waals surface area contributed by atoms with Crippen molar-refractivity contribution in [2.75, 3.05) is 0 Å². The van der Waals surface area contributed by atoms with Crippen LogP contribution < -0.4 is 5.32 Å². The summed E-state index contributed by atoms with van der Waals surface area (Å²) in [5, 5.41) is 5.28. The third kappa shape index (κ3) is 7.23. The van der Waals surface area contributed by atoms with Crippen molar-refractivity contribution < 1.29 is 0 Å². The van der Waals surface area contributed by atoms with Crippen molar-refractivity contribution in [3.8, 4) is 0 Å². The van der Waals surface area contributed by atoms with E-state index in [0.717, 1.165) is 94.7 Å². The quantitative estimate of drug-likeness (QED) is 0.279. The number of rotatable bonds is 8. The van der Waals surface area contributed by atoms with Crippen LogP contribution in [-0.2, 0) is 0 Å². The van der Waals surface area contributed by atoms with Gasteiger partial charge in [-0.15, -0.1) is 0 Å². The molecule has 0 amide bonds. The van der Waals surface area contributed by atoms with E-state index in [0.29, 0.717) is 11.1 Å². The molecule has 4 aliphatic carbocycles. The van der Waals surface area contributed by atoms with Crippen LogP contribution in [0.1, 0.15) is 179 Å². The second kappa shape index (κ2) is 15.1. The van der Waals surface area contributed by atoms with Crippen molar-refractivity contribution in [2.45, 2.75) is 190 Å². The van der Waals surface area contributed by atoms with Crippen molar-refractivity contribution in [1.29, 1.82) is 0 Å². The zero-order valence-electron chi connectivity index (χ0n) is 33.3. The van der Waals surface area contributed by atoms with Gasteiger partial charge in [-0.25, -0.2) is 0 Å². The van der Waals surface area contributed by atoms with E-state index in [-0.39, 0.29) is 0 Å². The summed E-state index contributed by atoms with van der Waals surface area (Å²) >= 11 is 0. The van der Waals surface area contributed by atoms with Crippen LogP contribution in [0, 0.1) is 94.7 Å². The van der Waals surface area contributed by atoms with Gasteiger partial charge in [0.15, 0.2) is 0 Å². The average Bonchev–Trinajstić information content (AvgIpc) is 3.00. The van der Waals surface area contributed by atoms with Gasteiger partial charge in [0, 0.05) is 11.1 Å². The molecule has 1 N–H and O–H groups in total. The summed E-state index contributed by atoms with van der Waals surface area (Å²) in [4.78, 5) is 0. The van der Waals surface area contributed by atoms with Crippen LogP contribution in [0.2, 0.25) is 0 Å². The molecule has 5 aliphatic rings. The first-order valence-electron chi connectivity index (χ1n) is 21.5. The van der Waals surface area contributed by atoms with E-state index in [2.05, 4.69) is 83.1 Å². The van der Waals surface area contributed by atoms with Crippen molar-refractivity contribution in [1.82, 2.24) is 5.32 Å². The molecule has 1 aliphatic heterocycles. The average molecular weight is 638 g/mol. The third-order valence-corrected chi connectivity index (χ3v) is 16.4. The van der Waals surface area contributed by atoms with Gasteiger partial charge in [-0.05, 0) is 165 Å². The maximum atomic E-state index is 5.28. The topological polar surface area (TPSA) is 12.0 Å². The Bertz CT molecular complexity index is 807. The number of piperidine rings is 1. The molecule has 5 rings (SSSR count). The minimum atomic E-state index is 0.302. The molecule has 12 atom stereocenters. The molecule has 46 heavy (non-hydrogen) atoms. The van der Waals surface area contributed by atoms with Gasteiger partial charge in [-0.2, -0.15) is 0 Å². The minimum absolute atomic E-state index is 0.302. The van der Waals surface area contributed by atoms with Crippen molar-refractivity contribution in [3.05, 3.63) is 0 Å². The Kier molecular flexibility index (Phi) is 12.2. The summed E-state index contributed by atoms with van der Waals surface area (Å²) in [6.07, 6.45) is 22.0. The zero-order valence-corrected chi connectivity index (χ0v) is 33.3. The molecule has 4 saturated carbocycles. The highest BCUT2D eigenvalue weighted by atomic mass is 15.1. The van der Waals surface area contributed by atoms with Crippen LogP contribution in [0.3, 0.4) is 0 Å². The summed E-state index contributed by atoms with van der Waals surface area (Å²) in [6.45, 7) is 31.4. The van der Waals surface area contributed by atoms with Gasteiger partial charge in [0.2, 0.25) is 0 Å². The lowest BCUT2D eigenvalue weighted by atomic mass is 9.46. The molecule has 12 unspecified atom stereocenters. The van der Waals surface area contributed by atoms with Crippen LogP contribution in [0.5, 0.6) is 0 Å². The van der Waals surface area contributed by atoms with Crippen LogP contribution >= 0.6 is 0 Å². The first-order chi connectivity index (χ1) is 21.7. The lowest BCUT2D eigenvalue weighted by Crippen LogP contribution is -2.76. The van der Waals surface area contributed by atoms with E-state index >= 15 is 0 Å². The van der Waals surface area contributed by atoms with E-state index in [1.165, 1.54) is 96.3 Å². The molecule has 1 heteroatoms. The van der Waals surface area contributed by atoms with Crippen LogP contribution in [-0.4, -0.2) is 11.1 Å². The standard InChI is InChI=1S/C45H83N/c1-28(2)36-18-14-32(9)24-40(36)44(41-25-33(10)15-19-37(41)29(3)4)22-13-23-45(46-44,42-26-34(11)16-20-38(42)30(5)6)43-27-35(12)17-21-39(43)31(7)8/h28-43,46H,13-27H2,1-12H3. The lowest BCUT2D eigenvalue weighted by Gasteiger charge is -2.67. The Hall–Kier alpha value is -0.0400. The molecule has 0 spiro atoms. The van der Waals surface area contributed by atoms with Gasteiger partial charge in [0.1, 0.15) is 0 Å². The van der Waals surface area contributed by atoms with Gasteiger partial charge >= 0.3 is 0 Å². The van der Waals surface area contributed by atoms with Crippen molar-refractivity contribution in [3.63, 3.8) is 0 Å². The van der Waals surface area contributed by atoms with E-state index < -0.39 is 0 Å². The molecule has 5 fully saturated rings. The first-order valence-corrected chi connectivity index (χ1v) is 21.5. The Morgan fingerprint density at radius 3 is 0.848 bits per heavy atom. The van der Waals surface area contributed by atoms with E-state index in [9.17, 15) is 0 Å². The Labute approximate surface area is 289 Å². The fourth-order valence-corrected chi connectivity index (χ4v) is 14.1. The molecular formula is C45H83N. The maximum Gasteiger partial charge on any atom is 0.0248 e. The molecule has 0 aromatic rings. The van der Waals surface area contributed by atoms with Crippen LogP contribution in [0.15, 0.2) is 0 Å². The van der Waals surface area contributed by atoms with Crippen LogP contribution in [0.25, 0.3) is 0 Å². The largest absolute Gasteiger partial charge is 0.305 e. The first kappa shape index (κ1) is 37.2. The molecule has 0 radical (unpaired) electrons. The molecule has 1 nitrogen and oxygen atoms in total. The molecule has 268 valence electrons. The molecular weight excluding hydrogens is 555 g/mol. The predicted molar refractivity (Wildman–Crippen MR) is 202 cm³/mol. The van der Waals surface area contributed by atoms with E-state index in [4.69, 9.17) is 5.32 Å². The summed E-state index contributed by atoms with van der Waals surface area (Å²) in [6, 6.07) is 0. The molecule has 0 bridgehead atoms. The molecule has 0 aromatic heterocycles. The molecule has 1 heterocycles. The van der Waals surface area contributed by atoms with E-state index in [1.807, 2.05) is 0 Å². The highest BCUT2D eigenvalue weighted by molar-refractivity contribution is 5.18. The Balaban J connectivity index is 1.74. The monoisotopic (exact) mass is 638 g/mol. The summed E-state index contributed by atoms with van der Waals surface area (Å²) in [5.41, 5.74) is 0.603. The second-order valence-corrected chi connectivity index (χ2v) is 20.8. The maximum absolute atomic E-state index is 5.28.